The van der Waals surface area contributed by atoms with Crippen molar-refractivity contribution < 1.29 is 33.8 Å². The van der Waals surface area contributed by atoms with Crippen molar-refractivity contribution in [1.29, 1.82) is 0 Å². The van der Waals surface area contributed by atoms with Crippen molar-refractivity contribution in [2.45, 2.75) is 25.3 Å². The number of hydrogen-bond donors (Lipinski definition) is 0. The average molecular weight is 571 g/mol. The molecule has 1 amide bonds. The van der Waals surface area contributed by atoms with E-state index in [1.165, 1.54) is 20.0 Å². The van der Waals surface area contributed by atoms with Crippen LogP contribution in [0.5, 0.6) is 5.75 Å². The van der Waals surface area contributed by atoms with E-state index >= 15 is 0 Å². The normalized spacial score (nSPS) is 14.5. The highest BCUT2D eigenvalue weighted by atomic mass is 35.5. The second kappa shape index (κ2) is 16.9. The maximum absolute atomic E-state index is 13.2. The molecule has 9 nitrogen and oxygen atoms in total. The highest BCUT2D eigenvalue weighted by Crippen LogP contribution is 2.27. The van der Waals surface area contributed by atoms with Gasteiger partial charge in [-0.1, -0.05) is 41.4 Å². The Bertz CT molecular complexity index is 974. The smallest absolute Gasteiger partial charge is 0.227 e. The van der Waals surface area contributed by atoms with Gasteiger partial charge in [0.15, 0.2) is 6.79 Å². The molecule has 1 atom stereocenters. The molecule has 2 aromatic carbocycles. The van der Waals surface area contributed by atoms with Gasteiger partial charge in [-0.2, -0.15) is 0 Å². The van der Waals surface area contributed by atoms with E-state index in [2.05, 4.69) is 14.7 Å². The van der Waals surface area contributed by atoms with Gasteiger partial charge in [0.2, 0.25) is 5.91 Å². The van der Waals surface area contributed by atoms with E-state index in [9.17, 15) is 4.79 Å². The predicted octanol–water partition coefficient (Wildman–Crippen LogP) is 4.71. The summed E-state index contributed by atoms with van der Waals surface area (Å²) in [5.41, 5.74) is 1.87. The van der Waals surface area contributed by atoms with Crippen LogP contribution in [0, 0.1) is 0 Å². The zero-order chi connectivity index (χ0) is 27.2. The van der Waals surface area contributed by atoms with Gasteiger partial charge in [0.05, 0.1) is 36.2 Å². The third kappa shape index (κ3) is 10.3. The molecule has 11 heteroatoms. The van der Waals surface area contributed by atoms with Crippen molar-refractivity contribution in [3.05, 3.63) is 63.6 Å². The molecule has 0 aliphatic carbocycles. The Morgan fingerprint density at radius 2 is 1.63 bits per heavy atom. The van der Waals surface area contributed by atoms with Gasteiger partial charge in [-0.3, -0.25) is 4.79 Å². The molecule has 1 aliphatic rings. The summed E-state index contributed by atoms with van der Waals surface area (Å²) in [5, 5.41) is 0.921. The molecule has 0 N–H and O–H groups in total. The highest BCUT2D eigenvalue weighted by molar-refractivity contribution is 6.42. The van der Waals surface area contributed by atoms with E-state index in [0.717, 1.165) is 30.8 Å². The molecular formula is C27H36Cl2N2O7. The van der Waals surface area contributed by atoms with Gasteiger partial charge in [-0.15, -0.1) is 0 Å². The number of ether oxygens (including phenoxy) is 2. The van der Waals surface area contributed by atoms with E-state index in [0.29, 0.717) is 22.4 Å². The van der Waals surface area contributed by atoms with Crippen molar-refractivity contribution in [3.8, 4) is 5.75 Å². The molecule has 0 radical (unpaired) electrons. The average Bonchev–Trinajstić information content (AvgIpc) is 3.44. The minimum Gasteiger partial charge on any atom is -0.468 e. The van der Waals surface area contributed by atoms with Gasteiger partial charge in [-0.05, 0) is 61.3 Å². The molecule has 2 aromatic rings. The summed E-state index contributed by atoms with van der Waals surface area (Å²) in [4.78, 5) is 36.4. The number of likely N-dealkylation sites (N-methyl/N-ethyl adjacent to an activating group) is 1. The van der Waals surface area contributed by atoms with Crippen LogP contribution in [0.15, 0.2) is 42.5 Å². The number of amides is 1. The fraction of sp³-hybridized carbons (Fsp3) is 0.519. The van der Waals surface area contributed by atoms with Gasteiger partial charge in [0.25, 0.3) is 0 Å². The van der Waals surface area contributed by atoms with Crippen LogP contribution >= 0.6 is 23.2 Å². The topological polar surface area (TPSA) is 78.9 Å². The lowest BCUT2D eigenvalue weighted by Gasteiger charge is -2.32. The minimum atomic E-state index is -0.0971. The van der Waals surface area contributed by atoms with E-state index < -0.39 is 0 Å². The molecule has 0 aromatic heterocycles. The first-order valence-corrected chi connectivity index (χ1v) is 13.4. The zero-order valence-corrected chi connectivity index (χ0v) is 23.4. The maximum Gasteiger partial charge on any atom is 0.227 e. The first-order chi connectivity index (χ1) is 18.5. The Balaban J connectivity index is 1.51. The van der Waals surface area contributed by atoms with E-state index in [-0.39, 0.29) is 45.0 Å². The molecule has 0 bridgehead atoms. The fourth-order valence-electron chi connectivity index (χ4n) is 4.10. The lowest BCUT2D eigenvalue weighted by Crippen LogP contribution is -2.39. The summed E-state index contributed by atoms with van der Waals surface area (Å²) in [6.07, 6.45) is 2.61. The summed E-state index contributed by atoms with van der Waals surface area (Å²) in [7, 11) is 3.28. The lowest BCUT2D eigenvalue weighted by atomic mass is 10.0. The number of carbonyl (C=O) groups is 1. The quantitative estimate of drug-likeness (QED) is 0.117. The Kier molecular flexibility index (Phi) is 13.6. The fourth-order valence-corrected chi connectivity index (χ4v) is 4.42. The van der Waals surface area contributed by atoms with Crippen molar-refractivity contribution in [2.24, 2.45) is 0 Å². The van der Waals surface area contributed by atoms with Gasteiger partial charge < -0.3 is 19.3 Å². The van der Waals surface area contributed by atoms with Crippen molar-refractivity contribution in [1.82, 2.24) is 9.80 Å². The number of rotatable bonds is 17. The Morgan fingerprint density at radius 1 is 0.947 bits per heavy atom. The van der Waals surface area contributed by atoms with Gasteiger partial charge >= 0.3 is 0 Å². The van der Waals surface area contributed by atoms with Crippen molar-refractivity contribution in [2.75, 3.05) is 67.0 Å². The molecule has 0 saturated carbocycles. The third-order valence-electron chi connectivity index (χ3n) is 6.17. The molecule has 210 valence electrons. The number of likely N-dealkylation sites (tertiary alicyclic amines) is 1. The number of nitrogens with zero attached hydrogens (tertiary/aromatic N) is 2. The minimum absolute atomic E-state index is 0.0127. The van der Waals surface area contributed by atoms with Gasteiger partial charge in [0.1, 0.15) is 25.6 Å². The largest absolute Gasteiger partial charge is 0.468 e. The van der Waals surface area contributed by atoms with Crippen LogP contribution in [0.1, 0.15) is 30.0 Å². The molecule has 0 unspecified atom stereocenters. The van der Waals surface area contributed by atoms with Crippen LogP contribution in [0.4, 0.5) is 0 Å². The van der Waals surface area contributed by atoms with Gasteiger partial charge in [0, 0.05) is 13.6 Å². The second-order valence-corrected chi connectivity index (χ2v) is 9.64. The molecule has 0 spiro atoms. The standard InChI is InChI=1S/C27H36Cl2N2O7/c1-30(27(32)18-21-5-10-24(28)25(29)17-21)26(19-31-11-3-4-12-31)22-6-8-23(9-7-22)35-20-34-13-14-37-38-16-15-36-33-2/h5-10,17,26H,3-4,11-16,18-20H2,1-2H3/t26-/m1/s1. The first kappa shape index (κ1) is 30.6. The van der Waals surface area contributed by atoms with Crippen LogP contribution in [0.25, 0.3) is 0 Å². The molecular weight excluding hydrogens is 535 g/mol. The molecule has 1 aliphatic heterocycles. The summed E-state index contributed by atoms with van der Waals surface area (Å²) in [5.74, 6) is 0.686. The summed E-state index contributed by atoms with van der Waals surface area (Å²) >= 11 is 12.2. The monoisotopic (exact) mass is 570 g/mol. The van der Waals surface area contributed by atoms with E-state index in [1.54, 1.807) is 12.1 Å². The molecule has 38 heavy (non-hydrogen) atoms. The maximum atomic E-state index is 13.2. The first-order valence-electron chi connectivity index (χ1n) is 12.6. The SMILES string of the molecule is COOCCOOCCOCOc1ccc([C@@H](CN2CCCC2)N(C)C(=O)Cc2ccc(Cl)c(Cl)c2)cc1. The Labute approximate surface area is 234 Å². The van der Waals surface area contributed by atoms with Crippen LogP contribution < -0.4 is 4.74 Å². The van der Waals surface area contributed by atoms with E-state index in [1.807, 2.05) is 42.3 Å². The highest BCUT2D eigenvalue weighted by Gasteiger charge is 2.26. The molecule has 1 saturated heterocycles. The molecule has 1 fully saturated rings. The number of benzene rings is 2. The number of hydrogen-bond acceptors (Lipinski definition) is 8. The summed E-state index contributed by atoms with van der Waals surface area (Å²) in [6, 6.07) is 13.0. The predicted molar refractivity (Wildman–Crippen MR) is 144 cm³/mol. The number of halogens is 2. The van der Waals surface area contributed by atoms with Crippen molar-refractivity contribution in [3.63, 3.8) is 0 Å². The summed E-state index contributed by atoms with van der Waals surface area (Å²) in [6.45, 7) is 4.03. The van der Waals surface area contributed by atoms with Crippen molar-refractivity contribution >= 4 is 29.1 Å². The molecule has 1 heterocycles. The van der Waals surface area contributed by atoms with Crippen LogP contribution in [0.3, 0.4) is 0 Å². The van der Waals surface area contributed by atoms with Crippen LogP contribution in [0.2, 0.25) is 10.0 Å². The molecule has 3 rings (SSSR count). The zero-order valence-electron chi connectivity index (χ0n) is 21.9. The third-order valence-corrected chi connectivity index (χ3v) is 6.91. The Morgan fingerprint density at radius 3 is 2.32 bits per heavy atom. The lowest BCUT2D eigenvalue weighted by molar-refractivity contribution is -0.335. The van der Waals surface area contributed by atoms with Crippen LogP contribution in [-0.4, -0.2) is 82.7 Å². The summed E-state index contributed by atoms with van der Waals surface area (Å²) < 4.78 is 11.1. The van der Waals surface area contributed by atoms with Crippen LogP contribution in [-0.2, 0) is 35.5 Å². The van der Waals surface area contributed by atoms with E-state index in [4.69, 9.17) is 42.5 Å². The number of carbonyl (C=O) groups excluding carboxylic acids is 1. The second-order valence-electron chi connectivity index (χ2n) is 8.83. The Hall–Kier alpha value is -1.95. The van der Waals surface area contributed by atoms with Gasteiger partial charge in [-0.25, -0.2) is 19.6 Å².